The SMILES string of the molecule is CCC=CCCOc1c(OC)c2ccc(OCC=C(C)CCC=C(C)C)cc2oc1=O. The lowest BCUT2D eigenvalue weighted by Gasteiger charge is -2.12. The summed E-state index contributed by atoms with van der Waals surface area (Å²) >= 11 is 0. The third kappa shape index (κ3) is 7.67. The van der Waals surface area contributed by atoms with Gasteiger partial charge in [-0.2, -0.15) is 0 Å². The summed E-state index contributed by atoms with van der Waals surface area (Å²) in [4.78, 5) is 12.5. The van der Waals surface area contributed by atoms with Crippen molar-refractivity contribution in [2.75, 3.05) is 20.3 Å². The summed E-state index contributed by atoms with van der Waals surface area (Å²) in [6.07, 6.45) is 12.1. The van der Waals surface area contributed by atoms with Crippen molar-refractivity contribution in [2.24, 2.45) is 0 Å². The van der Waals surface area contributed by atoms with Gasteiger partial charge < -0.3 is 18.6 Å². The number of hydrogen-bond donors (Lipinski definition) is 0. The number of rotatable bonds is 12. The monoisotopic (exact) mass is 426 g/mol. The van der Waals surface area contributed by atoms with Crippen LogP contribution in [0.3, 0.4) is 0 Å². The van der Waals surface area contributed by atoms with Crippen LogP contribution in [0.5, 0.6) is 17.2 Å². The van der Waals surface area contributed by atoms with Crippen molar-refractivity contribution in [1.82, 2.24) is 0 Å². The lowest BCUT2D eigenvalue weighted by molar-refractivity contribution is 0.285. The van der Waals surface area contributed by atoms with E-state index in [0.29, 0.717) is 42.1 Å². The van der Waals surface area contributed by atoms with Gasteiger partial charge in [0.1, 0.15) is 17.9 Å². The van der Waals surface area contributed by atoms with Gasteiger partial charge in [-0.1, -0.05) is 36.3 Å². The van der Waals surface area contributed by atoms with Gasteiger partial charge in [0.15, 0.2) is 5.75 Å². The molecule has 0 saturated heterocycles. The van der Waals surface area contributed by atoms with E-state index in [1.54, 1.807) is 6.07 Å². The van der Waals surface area contributed by atoms with E-state index in [4.69, 9.17) is 18.6 Å². The molecule has 0 N–H and O–H groups in total. The predicted octanol–water partition coefficient (Wildman–Crippen LogP) is 6.61. The number of ether oxygens (including phenoxy) is 3. The smallest absolute Gasteiger partial charge is 0.383 e. The van der Waals surface area contributed by atoms with Crippen LogP contribution in [0.2, 0.25) is 0 Å². The molecule has 5 nitrogen and oxygen atoms in total. The fourth-order valence-corrected chi connectivity index (χ4v) is 3.04. The van der Waals surface area contributed by atoms with Gasteiger partial charge in [0.2, 0.25) is 5.75 Å². The van der Waals surface area contributed by atoms with Gasteiger partial charge >= 0.3 is 5.63 Å². The third-order valence-corrected chi connectivity index (χ3v) is 4.70. The molecule has 0 spiro atoms. The van der Waals surface area contributed by atoms with Crippen LogP contribution in [0, 0.1) is 0 Å². The van der Waals surface area contributed by atoms with Gasteiger partial charge in [0, 0.05) is 6.07 Å². The fraction of sp³-hybridized carbons (Fsp3) is 0.423. The minimum atomic E-state index is -0.559. The zero-order chi connectivity index (χ0) is 22.6. The Morgan fingerprint density at radius 3 is 2.55 bits per heavy atom. The van der Waals surface area contributed by atoms with Gasteiger partial charge in [0.25, 0.3) is 0 Å². The van der Waals surface area contributed by atoms with Crippen LogP contribution in [0.15, 0.2) is 62.9 Å². The van der Waals surface area contributed by atoms with Gasteiger partial charge in [-0.05, 0) is 64.7 Å². The van der Waals surface area contributed by atoms with Crippen LogP contribution in [-0.2, 0) is 0 Å². The summed E-state index contributed by atoms with van der Waals surface area (Å²) < 4.78 is 22.4. The normalized spacial score (nSPS) is 11.7. The Balaban J connectivity index is 2.10. The topological polar surface area (TPSA) is 57.9 Å². The molecule has 0 amide bonds. The zero-order valence-corrected chi connectivity index (χ0v) is 19.3. The molecule has 0 radical (unpaired) electrons. The number of allylic oxidation sites excluding steroid dienone is 4. The summed E-state index contributed by atoms with van der Waals surface area (Å²) in [6, 6.07) is 5.37. The van der Waals surface area contributed by atoms with Crippen molar-refractivity contribution in [3.63, 3.8) is 0 Å². The van der Waals surface area contributed by atoms with Gasteiger partial charge in [-0.25, -0.2) is 4.79 Å². The largest absolute Gasteiger partial charge is 0.492 e. The number of benzene rings is 1. The van der Waals surface area contributed by atoms with E-state index in [2.05, 4.69) is 45.9 Å². The van der Waals surface area contributed by atoms with E-state index in [0.717, 1.165) is 19.3 Å². The highest BCUT2D eigenvalue weighted by Crippen LogP contribution is 2.34. The lowest BCUT2D eigenvalue weighted by atomic mass is 10.1. The molecule has 0 aliphatic heterocycles. The molecule has 2 aromatic rings. The Hall–Kier alpha value is -2.95. The van der Waals surface area contributed by atoms with E-state index in [1.165, 1.54) is 18.3 Å². The molecular formula is C26H34O5. The maximum atomic E-state index is 12.5. The Morgan fingerprint density at radius 1 is 1.03 bits per heavy atom. The highest BCUT2D eigenvalue weighted by molar-refractivity contribution is 5.86. The molecule has 0 bridgehead atoms. The molecule has 1 aromatic carbocycles. The molecule has 0 fully saturated rings. The molecule has 1 aromatic heterocycles. The molecule has 1 heterocycles. The molecular weight excluding hydrogens is 392 g/mol. The van der Waals surface area contributed by atoms with Crippen molar-refractivity contribution in [3.05, 3.63) is 64.1 Å². The second kappa shape index (κ2) is 12.7. The van der Waals surface area contributed by atoms with Crippen LogP contribution >= 0.6 is 0 Å². The van der Waals surface area contributed by atoms with Crippen molar-refractivity contribution in [1.29, 1.82) is 0 Å². The third-order valence-electron chi connectivity index (χ3n) is 4.70. The summed E-state index contributed by atoms with van der Waals surface area (Å²) in [6.45, 7) is 9.22. The highest BCUT2D eigenvalue weighted by atomic mass is 16.5. The first-order chi connectivity index (χ1) is 15.0. The van der Waals surface area contributed by atoms with Crippen LogP contribution in [-0.4, -0.2) is 20.3 Å². The van der Waals surface area contributed by atoms with E-state index < -0.39 is 5.63 Å². The Labute approximate surface area is 185 Å². The summed E-state index contributed by atoms with van der Waals surface area (Å²) in [7, 11) is 1.52. The summed E-state index contributed by atoms with van der Waals surface area (Å²) in [5, 5.41) is 0.669. The first-order valence-corrected chi connectivity index (χ1v) is 10.8. The molecule has 0 aliphatic rings. The van der Waals surface area contributed by atoms with Gasteiger partial charge in [-0.3, -0.25) is 0 Å². The van der Waals surface area contributed by atoms with Crippen LogP contribution in [0.4, 0.5) is 0 Å². The average Bonchev–Trinajstić information content (AvgIpc) is 2.73. The molecule has 31 heavy (non-hydrogen) atoms. The molecule has 2 rings (SSSR count). The Kier molecular flexibility index (Phi) is 9.95. The maximum absolute atomic E-state index is 12.5. The van der Waals surface area contributed by atoms with Crippen molar-refractivity contribution < 1.29 is 18.6 Å². The number of hydrogen-bond acceptors (Lipinski definition) is 5. The molecule has 0 saturated carbocycles. The maximum Gasteiger partial charge on any atom is 0.383 e. The van der Waals surface area contributed by atoms with E-state index in [9.17, 15) is 4.79 Å². The Morgan fingerprint density at radius 2 is 1.84 bits per heavy atom. The fourth-order valence-electron chi connectivity index (χ4n) is 3.04. The first-order valence-electron chi connectivity index (χ1n) is 10.8. The van der Waals surface area contributed by atoms with Crippen LogP contribution in [0.1, 0.15) is 53.4 Å². The number of fused-ring (bicyclic) bond motifs is 1. The van der Waals surface area contributed by atoms with Crippen molar-refractivity contribution in [3.8, 4) is 17.2 Å². The van der Waals surface area contributed by atoms with E-state index in [1.807, 2.05) is 18.2 Å². The Bertz CT molecular complexity index is 991. The molecule has 0 atom stereocenters. The molecule has 0 aliphatic carbocycles. The molecule has 0 unspecified atom stereocenters. The van der Waals surface area contributed by atoms with E-state index >= 15 is 0 Å². The summed E-state index contributed by atoms with van der Waals surface area (Å²) in [5.41, 5.74) is 2.46. The van der Waals surface area contributed by atoms with Crippen molar-refractivity contribution in [2.45, 2.75) is 53.4 Å². The zero-order valence-electron chi connectivity index (χ0n) is 19.3. The second-order valence-corrected chi connectivity index (χ2v) is 7.61. The van der Waals surface area contributed by atoms with Crippen molar-refractivity contribution >= 4 is 11.0 Å². The summed E-state index contributed by atoms with van der Waals surface area (Å²) in [5.74, 6) is 1.11. The lowest BCUT2D eigenvalue weighted by Crippen LogP contribution is -2.10. The van der Waals surface area contributed by atoms with E-state index in [-0.39, 0.29) is 5.75 Å². The van der Waals surface area contributed by atoms with Gasteiger partial charge in [0.05, 0.1) is 19.1 Å². The average molecular weight is 427 g/mol. The van der Waals surface area contributed by atoms with Gasteiger partial charge in [-0.15, -0.1) is 0 Å². The first kappa shape index (κ1) is 24.3. The minimum absolute atomic E-state index is 0.100. The quantitative estimate of drug-likeness (QED) is 0.217. The highest BCUT2D eigenvalue weighted by Gasteiger charge is 2.17. The molecule has 168 valence electrons. The number of methoxy groups -OCH3 is 1. The minimum Gasteiger partial charge on any atom is -0.492 e. The van der Waals surface area contributed by atoms with Crippen LogP contribution < -0.4 is 19.8 Å². The molecule has 5 heteroatoms. The predicted molar refractivity (Wildman–Crippen MR) is 126 cm³/mol. The second-order valence-electron chi connectivity index (χ2n) is 7.61. The standard InChI is InChI=1S/C26H34O5/c1-6-7-8-9-16-30-25-24(28-5)22-14-13-21(18-23(22)31-26(25)27)29-17-15-20(4)12-10-11-19(2)3/h7-8,11,13-15,18H,6,9-10,12,16-17H2,1-5H3. The van der Waals surface area contributed by atoms with Crippen LogP contribution in [0.25, 0.3) is 11.0 Å².